The van der Waals surface area contributed by atoms with Gasteiger partial charge in [-0.25, -0.2) is 0 Å². The van der Waals surface area contributed by atoms with Crippen LogP contribution in [0.2, 0.25) is 5.02 Å². The van der Waals surface area contributed by atoms with Crippen molar-refractivity contribution in [1.29, 1.82) is 0 Å². The highest BCUT2D eigenvalue weighted by atomic mass is 35.5. The minimum atomic E-state index is 0.852. The van der Waals surface area contributed by atoms with Gasteiger partial charge in [-0.1, -0.05) is 43.4 Å². The molecule has 94 valence electrons. The Labute approximate surface area is 110 Å². The van der Waals surface area contributed by atoms with E-state index >= 15 is 0 Å². The lowest BCUT2D eigenvalue weighted by Gasteiger charge is -2.26. The van der Waals surface area contributed by atoms with E-state index in [1.807, 2.05) is 6.07 Å². The van der Waals surface area contributed by atoms with Gasteiger partial charge in [0.05, 0.1) is 0 Å². The van der Waals surface area contributed by atoms with Crippen molar-refractivity contribution in [3.8, 4) is 0 Å². The van der Waals surface area contributed by atoms with Crippen molar-refractivity contribution in [2.24, 2.45) is 0 Å². The van der Waals surface area contributed by atoms with E-state index < -0.39 is 0 Å². The van der Waals surface area contributed by atoms with Gasteiger partial charge in [-0.2, -0.15) is 0 Å². The first-order valence-corrected chi connectivity index (χ1v) is 7.16. The Hall–Kier alpha value is -0.690. The van der Waals surface area contributed by atoms with Gasteiger partial charge in [0.25, 0.3) is 0 Å². The second-order valence-corrected chi connectivity index (χ2v) is 5.48. The van der Waals surface area contributed by atoms with Gasteiger partial charge in [0.1, 0.15) is 0 Å². The van der Waals surface area contributed by atoms with Gasteiger partial charge in [-0.05, 0) is 37.5 Å². The molecule has 1 saturated heterocycles. The van der Waals surface area contributed by atoms with Crippen LogP contribution < -0.4 is 4.90 Å². The molecule has 0 atom stereocenters. The third-order valence-corrected chi connectivity index (χ3v) is 3.85. The molecule has 1 aliphatic heterocycles. The molecule has 1 heterocycles. The van der Waals surface area contributed by atoms with E-state index in [-0.39, 0.29) is 0 Å². The Bertz CT molecular complexity index is 352. The van der Waals surface area contributed by atoms with E-state index in [1.54, 1.807) is 0 Å². The molecule has 1 aliphatic rings. The Morgan fingerprint density at radius 3 is 2.18 bits per heavy atom. The molecule has 0 N–H and O–H groups in total. The molecule has 0 saturated carbocycles. The molecule has 1 nitrogen and oxygen atoms in total. The lowest BCUT2D eigenvalue weighted by molar-refractivity contribution is 0.636. The molecule has 0 aromatic heterocycles. The predicted octanol–water partition coefficient (Wildman–Crippen LogP) is 4.81. The molecule has 2 rings (SSSR count). The van der Waals surface area contributed by atoms with Crippen LogP contribution in [0.3, 0.4) is 0 Å². The lowest BCUT2D eigenvalue weighted by Crippen LogP contribution is -2.26. The summed E-state index contributed by atoms with van der Waals surface area (Å²) in [6, 6.07) is 6.23. The van der Waals surface area contributed by atoms with Crippen molar-refractivity contribution < 1.29 is 0 Å². The number of hydrogen-bond acceptors (Lipinski definition) is 1. The molecule has 1 fully saturated rings. The number of rotatable bonds is 1. The fourth-order valence-electron chi connectivity index (χ4n) is 2.59. The second kappa shape index (κ2) is 6.30. The minimum absolute atomic E-state index is 0.852. The maximum atomic E-state index is 6.11. The maximum Gasteiger partial charge on any atom is 0.0426 e. The number of benzene rings is 1. The SMILES string of the molecule is Cc1ccc(Cl)cc1N1CCCCCCCC1. The summed E-state index contributed by atoms with van der Waals surface area (Å²) >= 11 is 6.11. The first-order chi connectivity index (χ1) is 8.27. The van der Waals surface area contributed by atoms with Crippen LogP contribution in [0.1, 0.15) is 44.1 Å². The molecule has 0 amide bonds. The van der Waals surface area contributed by atoms with Gasteiger partial charge in [-0.15, -0.1) is 0 Å². The third-order valence-electron chi connectivity index (χ3n) is 3.62. The van der Waals surface area contributed by atoms with Gasteiger partial charge in [0, 0.05) is 23.8 Å². The standard InChI is InChI=1S/C15H22ClN/c1-13-8-9-14(16)12-15(13)17-10-6-4-2-3-5-7-11-17/h8-9,12H,2-7,10-11H2,1H3. The topological polar surface area (TPSA) is 3.24 Å². The van der Waals surface area contributed by atoms with Crippen LogP contribution in [-0.2, 0) is 0 Å². The van der Waals surface area contributed by atoms with Crippen molar-refractivity contribution in [3.63, 3.8) is 0 Å². The van der Waals surface area contributed by atoms with Crippen LogP contribution in [0, 0.1) is 6.92 Å². The quantitative estimate of drug-likeness (QED) is 0.692. The summed E-state index contributed by atoms with van der Waals surface area (Å²) in [5.74, 6) is 0. The molecule has 1 aromatic carbocycles. The molecule has 0 unspecified atom stereocenters. The van der Waals surface area contributed by atoms with E-state index in [0.717, 1.165) is 5.02 Å². The summed E-state index contributed by atoms with van der Waals surface area (Å²) in [7, 11) is 0. The van der Waals surface area contributed by atoms with Crippen molar-refractivity contribution >= 4 is 17.3 Å². The minimum Gasteiger partial charge on any atom is -0.371 e. The first-order valence-electron chi connectivity index (χ1n) is 6.78. The largest absolute Gasteiger partial charge is 0.371 e. The average molecular weight is 252 g/mol. The zero-order chi connectivity index (χ0) is 12.1. The fourth-order valence-corrected chi connectivity index (χ4v) is 2.75. The average Bonchev–Trinajstić information content (AvgIpc) is 2.45. The fraction of sp³-hybridized carbons (Fsp3) is 0.600. The number of nitrogens with zero attached hydrogens (tertiary/aromatic N) is 1. The number of anilines is 1. The molecular weight excluding hydrogens is 230 g/mol. The van der Waals surface area contributed by atoms with E-state index in [1.165, 1.54) is 62.9 Å². The van der Waals surface area contributed by atoms with Crippen LogP contribution in [0.4, 0.5) is 5.69 Å². The summed E-state index contributed by atoms with van der Waals surface area (Å²) < 4.78 is 0. The van der Waals surface area contributed by atoms with Crippen molar-refractivity contribution in [2.75, 3.05) is 18.0 Å². The molecule has 1 aromatic rings. The predicted molar refractivity (Wildman–Crippen MR) is 76.1 cm³/mol. The first kappa shape index (κ1) is 12.8. The van der Waals surface area contributed by atoms with Gasteiger partial charge in [0.15, 0.2) is 0 Å². The zero-order valence-corrected chi connectivity index (χ0v) is 11.5. The molecule has 0 bridgehead atoms. The highest BCUT2D eigenvalue weighted by Gasteiger charge is 2.10. The summed E-state index contributed by atoms with van der Waals surface area (Å²) in [5, 5.41) is 0.852. The molecule has 0 spiro atoms. The smallest absolute Gasteiger partial charge is 0.0426 e. The normalized spacial score (nSPS) is 18.4. The molecular formula is C15H22ClN. The van der Waals surface area contributed by atoms with E-state index in [2.05, 4.69) is 24.0 Å². The molecule has 0 aliphatic carbocycles. The molecule has 2 heteroatoms. The third kappa shape index (κ3) is 3.64. The Balaban J connectivity index is 2.14. The van der Waals surface area contributed by atoms with Crippen LogP contribution in [0.25, 0.3) is 0 Å². The Kier molecular flexibility index (Phi) is 4.73. The second-order valence-electron chi connectivity index (χ2n) is 5.04. The van der Waals surface area contributed by atoms with Gasteiger partial charge < -0.3 is 4.90 Å². The van der Waals surface area contributed by atoms with Crippen molar-refractivity contribution in [3.05, 3.63) is 28.8 Å². The van der Waals surface area contributed by atoms with Gasteiger partial charge in [0.2, 0.25) is 0 Å². The van der Waals surface area contributed by atoms with Gasteiger partial charge >= 0.3 is 0 Å². The number of halogens is 1. The maximum absolute atomic E-state index is 6.11. The van der Waals surface area contributed by atoms with Crippen LogP contribution in [0.5, 0.6) is 0 Å². The Morgan fingerprint density at radius 1 is 0.941 bits per heavy atom. The highest BCUT2D eigenvalue weighted by Crippen LogP contribution is 2.26. The highest BCUT2D eigenvalue weighted by molar-refractivity contribution is 6.30. The van der Waals surface area contributed by atoms with Crippen LogP contribution in [-0.4, -0.2) is 13.1 Å². The van der Waals surface area contributed by atoms with Gasteiger partial charge in [-0.3, -0.25) is 0 Å². The molecule has 0 radical (unpaired) electrons. The monoisotopic (exact) mass is 251 g/mol. The summed E-state index contributed by atoms with van der Waals surface area (Å²) in [4.78, 5) is 2.52. The lowest BCUT2D eigenvalue weighted by atomic mass is 10.1. The number of aryl methyl sites for hydroxylation is 1. The van der Waals surface area contributed by atoms with E-state index in [9.17, 15) is 0 Å². The van der Waals surface area contributed by atoms with Crippen LogP contribution >= 0.6 is 11.6 Å². The van der Waals surface area contributed by atoms with E-state index in [0.29, 0.717) is 0 Å². The van der Waals surface area contributed by atoms with E-state index in [4.69, 9.17) is 11.6 Å². The summed E-state index contributed by atoms with van der Waals surface area (Å²) in [6.45, 7) is 4.54. The van der Waals surface area contributed by atoms with Crippen molar-refractivity contribution in [2.45, 2.75) is 45.4 Å². The molecule has 17 heavy (non-hydrogen) atoms. The summed E-state index contributed by atoms with van der Waals surface area (Å²) in [6.07, 6.45) is 8.18. The number of hydrogen-bond donors (Lipinski definition) is 0. The van der Waals surface area contributed by atoms with Crippen LogP contribution in [0.15, 0.2) is 18.2 Å². The summed E-state index contributed by atoms with van der Waals surface area (Å²) in [5.41, 5.74) is 2.67. The Morgan fingerprint density at radius 2 is 1.53 bits per heavy atom. The zero-order valence-electron chi connectivity index (χ0n) is 10.7. The van der Waals surface area contributed by atoms with Crippen molar-refractivity contribution in [1.82, 2.24) is 0 Å².